The molecule has 0 saturated carbocycles. The molecule has 0 bridgehead atoms. The summed E-state index contributed by atoms with van der Waals surface area (Å²) in [7, 11) is 3.17. The molecule has 0 aromatic heterocycles. The van der Waals surface area contributed by atoms with E-state index in [4.69, 9.17) is 9.47 Å². The lowest BCUT2D eigenvalue weighted by atomic mass is 10.2. The zero-order valence-corrected chi connectivity index (χ0v) is 7.41. The molecule has 0 amide bonds. The van der Waals surface area contributed by atoms with Gasteiger partial charge in [0.15, 0.2) is 6.29 Å². The van der Waals surface area contributed by atoms with Gasteiger partial charge >= 0.3 is 0 Å². The molecular weight excluding hydrogens is 158 g/mol. The van der Waals surface area contributed by atoms with Crippen molar-refractivity contribution in [3.63, 3.8) is 0 Å². The monoisotopic (exact) mass is 173 g/mol. The highest BCUT2D eigenvalue weighted by atomic mass is 16.7. The second-order valence-corrected chi connectivity index (χ2v) is 2.73. The predicted octanol–water partition coefficient (Wildman–Crippen LogP) is 0.409. The van der Waals surface area contributed by atoms with Crippen molar-refractivity contribution in [2.45, 2.75) is 18.8 Å². The Bertz CT molecular complexity index is 166. The van der Waals surface area contributed by atoms with Crippen molar-refractivity contribution < 1.29 is 14.6 Å². The fourth-order valence-electron chi connectivity index (χ4n) is 1.24. The van der Waals surface area contributed by atoms with E-state index < -0.39 is 0 Å². The molecule has 1 rings (SSSR count). The largest absolute Gasteiger partial charge is 0.511 e. The van der Waals surface area contributed by atoms with Crippen LogP contribution in [0.5, 0.6) is 0 Å². The summed E-state index contributed by atoms with van der Waals surface area (Å²) in [6.45, 7) is 0.719. The Morgan fingerprint density at radius 1 is 1.67 bits per heavy atom. The van der Waals surface area contributed by atoms with Crippen LogP contribution in [0, 0.1) is 0 Å². The number of nitrogens with one attached hydrogen (secondary N) is 1. The van der Waals surface area contributed by atoms with Gasteiger partial charge < -0.3 is 19.9 Å². The Morgan fingerprint density at radius 2 is 2.33 bits per heavy atom. The van der Waals surface area contributed by atoms with Crippen molar-refractivity contribution in [2.75, 3.05) is 20.8 Å². The highest BCUT2D eigenvalue weighted by Crippen LogP contribution is 2.12. The summed E-state index contributed by atoms with van der Waals surface area (Å²) in [5, 5.41) is 12.4. The first-order chi connectivity index (χ1) is 5.77. The molecule has 0 aliphatic carbocycles. The van der Waals surface area contributed by atoms with E-state index in [9.17, 15) is 5.11 Å². The first-order valence-electron chi connectivity index (χ1n) is 3.96. The molecule has 70 valence electrons. The zero-order chi connectivity index (χ0) is 8.97. The van der Waals surface area contributed by atoms with Gasteiger partial charge in [0, 0.05) is 27.2 Å². The lowest BCUT2D eigenvalue weighted by molar-refractivity contribution is -0.109. The van der Waals surface area contributed by atoms with Gasteiger partial charge in [0.05, 0.1) is 6.04 Å². The Morgan fingerprint density at radius 3 is 2.75 bits per heavy atom. The van der Waals surface area contributed by atoms with Crippen LogP contribution in [0.3, 0.4) is 0 Å². The predicted molar refractivity (Wildman–Crippen MR) is 44.9 cm³/mol. The van der Waals surface area contributed by atoms with E-state index in [1.807, 2.05) is 0 Å². The molecule has 2 N–H and O–H groups in total. The number of hydrogen-bond donors (Lipinski definition) is 2. The van der Waals surface area contributed by atoms with Crippen molar-refractivity contribution in [1.82, 2.24) is 5.32 Å². The molecule has 0 aromatic rings. The van der Waals surface area contributed by atoms with E-state index in [-0.39, 0.29) is 12.3 Å². The van der Waals surface area contributed by atoms with Crippen molar-refractivity contribution in [2.24, 2.45) is 0 Å². The maximum atomic E-state index is 9.32. The van der Waals surface area contributed by atoms with Gasteiger partial charge in [0.1, 0.15) is 5.76 Å². The second kappa shape index (κ2) is 4.45. The summed E-state index contributed by atoms with van der Waals surface area (Å²) >= 11 is 0. The smallest absolute Gasteiger partial charge is 0.158 e. The summed E-state index contributed by atoms with van der Waals surface area (Å²) in [4.78, 5) is 0. The molecule has 12 heavy (non-hydrogen) atoms. The van der Waals surface area contributed by atoms with E-state index in [1.165, 1.54) is 0 Å². The maximum absolute atomic E-state index is 9.32. The van der Waals surface area contributed by atoms with E-state index in [0.29, 0.717) is 12.2 Å². The van der Waals surface area contributed by atoms with Crippen LogP contribution in [-0.2, 0) is 9.47 Å². The summed E-state index contributed by atoms with van der Waals surface area (Å²) in [5.41, 5.74) is 0. The minimum Gasteiger partial charge on any atom is -0.511 e. The van der Waals surface area contributed by atoms with E-state index in [2.05, 4.69) is 5.32 Å². The van der Waals surface area contributed by atoms with Gasteiger partial charge in [-0.1, -0.05) is 0 Å². The third-order valence-corrected chi connectivity index (χ3v) is 1.99. The van der Waals surface area contributed by atoms with Crippen LogP contribution in [0.2, 0.25) is 0 Å². The SMILES string of the molecule is COC(CC1NCC=C1O)OC. The quantitative estimate of drug-likeness (QED) is 0.604. The van der Waals surface area contributed by atoms with E-state index in [1.54, 1.807) is 20.3 Å². The van der Waals surface area contributed by atoms with Crippen LogP contribution >= 0.6 is 0 Å². The molecule has 1 unspecified atom stereocenters. The molecule has 0 saturated heterocycles. The number of hydrogen-bond acceptors (Lipinski definition) is 4. The summed E-state index contributed by atoms with van der Waals surface area (Å²) in [6.07, 6.45) is 2.14. The average Bonchev–Trinajstić information content (AvgIpc) is 2.47. The standard InChI is InChI=1S/C8H15NO3/c1-11-8(12-2)5-6-7(10)3-4-9-6/h3,6,8-10H,4-5H2,1-2H3. The van der Waals surface area contributed by atoms with E-state index in [0.717, 1.165) is 6.54 Å². The summed E-state index contributed by atoms with van der Waals surface area (Å²) < 4.78 is 10.0. The van der Waals surface area contributed by atoms with Crippen LogP contribution in [0.1, 0.15) is 6.42 Å². The van der Waals surface area contributed by atoms with Gasteiger partial charge in [-0.3, -0.25) is 0 Å². The molecule has 0 spiro atoms. The first-order valence-corrected chi connectivity index (χ1v) is 3.96. The number of ether oxygens (including phenoxy) is 2. The van der Waals surface area contributed by atoms with Gasteiger partial charge in [0.2, 0.25) is 0 Å². The summed E-state index contributed by atoms with van der Waals surface area (Å²) in [5.74, 6) is 0.383. The van der Waals surface area contributed by atoms with Crippen LogP contribution in [0.4, 0.5) is 0 Å². The van der Waals surface area contributed by atoms with Gasteiger partial charge in [0.25, 0.3) is 0 Å². The fraction of sp³-hybridized carbons (Fsp3) is 0.750. The Balaban J connectivity index is 2.34. The lowest BCUT2D eigenvalue weighted by Crippen LogP contribution is -2.31. The van der Waals surface area contributed by atoms with Crippen LogP contribution in [-0.4, -0.2) is 38.2 Å². The number of aliphatic hydroxyl groups excluding tert-OH is 1. The molecule has 1 aliphatic heterocycles. The molecule has 1 atom stereocenters. The average molecular weight is 173 g/mol. The molecule has 4 heteroatoms. The molecular formula is C8H15NO3. The van der Waals surface area contributed by atoms with Gasteiger partial charge in [-0.2, -0.15) is 0 Å². The van der Waals surface area contributed by atoms with Crippen LogP contribution < -0.4 is 5.32 Å². The van der Waals surface area contributed by atoms with E-state index >= 15 is 0 Å². The van der Waals surface area contributed by atoms with Crippen molar-refractivity contribution in [3.8, 4) is 0 Å². The fourth-order valence-corrected chi connectivity index (χ4v) is 1.24. The van der Waals surface area contributed by atoms with Gasteiger partial charge in [-0.25, -0.2) is 0 Å². The molecule has 0 aromatic carbocycles. The topological polar surface area (TPSA) is 50.7 Å². The number of aliphatic hydroxyl groups is 1. The maximum Gasteiger partial charge on any atom is 0.158 e. The molecule has 0 radical (unpaired) electrons. The third-order valence-electron chi connectivity index (χ3n) is 1.99. The molecule has 0 fully saturated rings. The molecule has 1 aliphatic rings. The minimum absolute atomic E-state index is 0.0186. The minimum atomic E-state index is -0.254. The molecule has 4 nitrogen and oxygen atoms in total. The number of rotatable bonds is 4. The highest BCUT2D eigenvalue weighted by molar-refractivity contribution is 5.09. The second-order valence-electron chi connectivity index (χ2n) is 2.73. The van der Waals surface area contributed by atoms with Gasteiger partial charge in [-0.05, 0) is 6.08 Å². The van der Waals surface area contributed by atoms with Crippen molar-refractivity contribution >= 4 is 0 Å². The first kappa shape index (κ1) is 9.51. The highest BCUT2D eigenvalue weighted by Gasteiger charge is 2.21. The summed E-state index contributed by atoms with van der Waals surface area (Å²) in [6, 6.07) is -0.0186. The van der Waals surface area contributed by atoms with Gasteiger partial charge in [-0.15, -0.1) is 0 Å². The van der Waals surface area contributed by atoms with Crippen LogP contribution in [0.15, 0.2) is 11.8 Å². The number of methoxy groups -OCH3 is 2. The third kappa shape index (κ3) is 2.20. The normalized spacial score (nSPS) is 23.2. The van der Waals surface area contributed by atoms with Crippen molar-refractivity contribution in [1.29, 1.82) is 0 Å². The van der Waals surface area contributed by atoms with Crippen molar-refractivity contribution in [3.05, 3.63) is 11.8 Å². The van der Waals surface area contributed by atoms with Crippen LogP contribution in [0.25, 0.3) is 0 Å². The Kier molecular flexibility index (Phi) is 3.52. The lowest BCUT2D eigenvalue weighted by Gasteiger charge is -2.18. The zero-order valence-electron chi connectivity index (χ0n) is 7.41. The Hall–Kier alpha value is -0.580. The molecule has 1 heterocycles. The Labute approximate surface area is 72.2 Å².